The highest BCUT2D eigenvalue weighted by molar-refractivity contribution is 5.35. The van der Waals surface area contributed by atoms with E-state index in [1.54, 1.807) is 12.3 Å². The molecular weight excluding hydrogens is 181 g/mol. The van der Waals surface area contributed by atoms with E-state index in [1.165, 1.54) is 6.07 Å². The zero-order chi connectivity index (χ0) is 10.6. The van der Waals surface area contributed by atoms with Crippen molar-refractivity contribution in [3.8, 4) is 0 Å². The van der Waals surface area contributed by atoms with E-state index in [0.717, 1.165) is 0 Å². The molecule has 0 bridgehead atoms. The maximum atomic E-state index is 13.1. The second-order valence-corrected chi connectivity index (χ2v) is 4.06. The van der Waals surface area contributed by atoms with E-state index in [9.17, 15) is 4.39 Å². The van der Waals surface area contributed by atoms with Gasteiger partial charge in [-0.1, -0.05) is 13.8 Å². The van der Waals surface area contributed by atoms with Crippen molar-refractivity contribution < 1.29 is 4.39 Å². The molecule has 1 aromatic heterocycles. The van der Waals surface area contributed by atoms with Crippen LogP contribution in [-0.4, -0.2) is 18.1 Å². The van der Waals surface area contributed by atoms with Crippen LogP contribution in [-0.2, 0) is 0 Å². The minimum Gasteiger partial charge on any atom is -0.367 e. The van der Waals surface area contributed by atoms with Crippen LogP contribution in [0.2, 0.25) is 0 Å². The highest BCUT2D eigenvalue weighted by Crippen LogP contribution is 2.15. The van der Waals surface area contributed by atoms with E-state index in [-0.39, 0.29) is 17.1 Å². The zero-order valence-electron chi connectivity index (χ0n) is 8.55. The Morgan fingerprint density at radius 2 is 2.29 bits per heavy atom. The van der Waals surface area contributed by atoms with Gasteiger partial charge in [0.05, 0.1) is 0 Å². The van der Waals surface area contributed by atoms with Gasteiger partial charge in [-0.05, 0) is 24.1 Å². The molecule has 0 aliphatic rings. The summed E-state index contributed by atoms with van der Waals surface area (Å²) in [6.07, 6.45) is 1.56. The van der Waals surface area contributed by atoms with Gasteiger partial charge in [-0.15, -0.1) is 0 Å². The summed E-state index contributed by atoms with van der Waals surface area (Å²) in [7, 11) is 0. The Morgan fingerprint density at radius 1 is 1.57 bits per heavy atom. The van der Waals surface area contributed by atoms with E-state index in [0.29, 0.717) is 13.1 Å². The summed E-state index contributed by atoms with van der Waals surface area (Å²) < 4.78 is 13.1. The normalized spacial score (nSPS) is 11.4. The van der Waals surface area contributed by atoms with Crippen molar-refractivity contribution in [2.45, 2.75) is 13.8 Å². The number of aromatic nitrogens is 1. The number of nitrogens with one attached hydrogen (secondary N) is 1. The SMILES string of the molecule is CC(C)(CN)CNc1ncccc1F. The maximum Gasteiger partial charge on any atom is 0.165 e. The third kappa shape index (κ3) is 2.96. The highest BCUT2D eigenvalue weighted by atomic mass is 19.1. The molecule has 0 aliphatic carbocycles. The van der Waals surface area contributed by atoms with Gasteiger partial charge in [0.2, 0.25) is 0 Å². The summed E-state index contributed by atoms with van der Waals surface area (Å²) in [6.45, 7) is 5.19. The Kier molecular flexibility index (Phi) is 3.41. The lowest BCUT2D eigenvalue weighted by Gasteiger charge is -2.22. The summed E-state index contributed by atoms with van der Waals surface area (Å²) in [5.41, 5.74) is 5.50. The second kappa shape index (κ2) is 4.37. The quantitative estimate of drug-likeness (QED) is 0.771. The van der Waals surface area contributed by atoms with Gasteiger partial charge in [0.1, 0.15) is 0 Å². The van der Waals surface area contributed by atoms with Crippen LogP contribution in [0.25, 0.3) is 0 Å². The Morgan fingerprint density at radius 3 is 2.86 bits per heavy atom. The van der Waals surface area contributed by atoms with E-state index in [1.807, 2.05) is 13.8 Å². The molecule has 1 aromatic rings. The van der Waals surface area contributed by atoms with Gasteiger partial charge in [0, 0.05) is 12.7 Å². The van der Waals surface area contributed by atoms with Gasteiger partial charge in [0.25, 0.3) is 0 Å². The predicted molar refractivity (Wildman–Crippen MR) is 55.5 cm³/mol. The zero-order valence-corrected chi connectivity index (χ0v) is 8.55. The predicted octanol–water partition coefficient (Wildman–Crippen LogP) is 1.62. The van der Waals surface area contributed by atoms with Crippen LogP contribution in [0, 0.1) is 11.2 Å². The first kappa shape index (κ1) is 10.9. The molecule has 0 spiro atoms. The van der Waals surface area contributed by atoms with E-state index in [4.69, 9.17) is 5.73 Å². The van der Waals surface area contributed by atoms with Crippen LogP contribution < -0.4 is 11.1 Å². The van der Waals surface area contributed by atoms with Gasteiger partial charge in [-0.25, -0.2) is 9.37 Å². The number of pyridine rings is 1. The maximum absolute atomic E-state index is 13.1. The lowest BCUT2D eigenvalue weighted by molar-refractivity contribution is 0.404. The van der Waals surface area contributed by atoms with Crippen molar-refractivity contribution in [2.24, 2.45) is 11.1 Å². The molecule has 14 heavy (non-hydrogen) atoms. The van der Waals surface area contributed by atoms with Crippen molar-refractivity contribution in [1.29, 1.82) is 0 Å². The number of rotatable bonds is 4. The summed E-state index contributed by atoms with van der Waals surface area (Å²) in [5, 5.41) is 2.94. The first-order valence-electron chi connectivity index (χ1n) is 4.60. The molecule has 4 heteroatoms. The van der Waals surface area contributed by atoms with Crippen molar-refractivity contribution in [1.82, 2.24) is 4.98 Å². The number of nitrogens with zero attached hydrogens (tertiary/aromatic N) is 1. The first-order chi connectivity index (χ1) is 6.55. The molecule has 1 heterocycles. The molecule has 0 radical (unpaired) electrons. The van der Waals surface area contributed by atoms with Gasteiger partial charge in [-0.2, -0.15) is 0 Å². The molecule has 0 amide bonds. The third-order valence-electron chi connectivity index (χ3n) is 2.05. The summed E-state index contributed by atoms with van der Waals surface area (Å²) in [4.78, 5) is 3.89. The van der Waals surface area contributed by atoms with Crippen molar-refractivity contribution >= 4 is 5.82 Å². The Bertz CT molecular complexity index is 299. The van der Waals surface area contributed by atoms with Crippen LogP contribution in [0.4, 0.5) is 10.2 Å². The number of nitrogens with two attached hydrogens (primary N) is 1. The number of anilines is 1. The van der Waals surface area contributed by atoms with Gasteiger partial charge >= 0.3 is 0 Å². The molecular formula is C10H16FN3. The number of hydrogen-bond donors (Lipinski definition) is 2. The van der Waals surface area contributed by atoms with Crippen LogP contribution in [0.3, 0.4) is 0 Å². The van der Waals surface area contributed by atoms with E-state index in [2.05, 4.69) is 10.3 Å². The van der Waals surface area contributed by atoms with Crippen LogP contribution in [0.15, 0.2) is 18.3 Å². The molecule has 0 aliphatic heterocycles. The van der Waals surface area contributed by atoms with Crippen LogP contribution >= 0.6 is 0 Å². The lowest BCUT2D eigenvalue weighted by atomic mass is 9.94. The minimum atomic E-state index is -0.333. The van der Waals surface area contributed by atoms with Gasteiger partial charge in [0.15, 0.2) is 11.6 Å². The Hall–Kier alpha value is -1.16. The van der Waals surface area contributed by atoms with Gasteiger partial charge < -0.3 is 11.1 Å². The monoisotopic (exact) mass is 197 g/mol. The van der Waals surface area contributed by atoms with Gasteiger partial charge in [-0.3, -0.25) is 0 Å². The number of hydrogen-bond acceptors (Lipinski definition) is 3. The fourth-order valence-corrected chi connectivity index (χ4v) is 0.911. The minimum absolute atomic E-state index is 0.0516. The molecule has 1 rings (SSSR count). The summed E-state index contributed by atoms with van der Waals surface area (Å²) >= 11 is 0. The summed E-state index contributed by atoms with van der Waals surface area (Å²) in [5.74, 6) is -0.0469. The topological polar surface area (TPSA) is 50.9 Å². The standard InChI is InChI=1S/C10H16FN3/c1-10(2,6-12)7-14-9-8(11)4-3-5-13-9/h3-5H,6-7,12H2,1-2H3,(H,13,14). The first-order valence-corrected chi connectivity index (χ1v) is 4.60. The summed E-state index contributed by atoms with van der Waals surface area (Å²) in [6, 6.07) is 2.94. The smallest absolute Gasteiger partial charge is 0.165 e. The Balaban J connectivity index is 2.58. The van der Waals surface area contributed by atoms with E-state index >= 15 is 0 Å². The molecule has 0 fully saturated rings. The highest BCUT2D eigenvalue weighted by Gasteiger charge is 2.15. The third-order valence-corrected chi connectivity index (χ3v) is 2.05. The van der Waals surface area contributed by atoms with Crippen molar-refractivity contribution in [2.75, 3.05) is 18.4 Å². The largest absolute Gasteiger partial charge is 0.367 e. The molecule has 0 saturated carbocycles. The van der Waals surface area contributed by atoms with Crippen LogP contribution in [0.1, 0.15) is 13.8 Å². The lowest BCUT2D eigenvalue weighted by Crippen LogP contribution is -2.31. The Labute approximate surface area is 83.5 Å². The van der Waals surface area contributed by atoms with E-state index < -0.39 is 0 Å². The van der Waals surface area contributed by atoms with Crippen molar-refractivity contribution in [3.05, 3.63) is 24.1 Å². The molecule has 3 nitrogen and oxygen atoms in total. The second-order valence-electron chi connectivity index (χ2n) is 4.06. The molecule has 3 N–H and O–H groups in total. The number of halogens is 1. The van der Waals surface area contributed by atoms with Crippen LogP contribution in [0.5, 0.6) is 0 Å². The van der Waals surface area contributed by atoms with Crippen molar-refractivity contribution in [3.63, 3.8) is 0 Å². The molecule has 0 atom stereocenters. The average molecular weight is 197 g/mol. The molecule has 0 aromatic carbocycles. The fourth-order valence-electron chi connectivity index (χ4n) is 0.911. The average Bonchev–Trinajstić information content (AvgIpc) is 2.17. The molecule has 78 valence electrons. The molecule has 0 saturated heterocycles. The molecule has 0 unspecified atom stereocenters. The fraction of sp³-hybridized carbons (Fsp3) is 0.500.